The zero-order valence-electron chi connectivity index (χ0n) is 11.3. The van der Waals surface area contributed by atoms with Crippen molar-refractivity contribution >= 4 is 15.9 Å². The molecule has 0 saturated heterocycles. The molecule has 1 nitrogen and oxygen atoms in total. The first-order chi connectivity index (χ1) is 8.78. The van der Waals surface area contributed by atoms with E-state index in [2.05, 4.69) is 52.6 Å². The van der Waals surface area contributed by atoms with Crippen LogP contribution in [0.1, 0.15) is 44.1 Å². The minimum Gasteiger partial charge on any atom is -0.317 e. The van der Waals surface area contributed by atoms with Gasteiger partial charge >= 0.3 is 0 Å². The third-order valence-electron chi connectivity index (χ3n) is 4.15. The van der Waals surface area contributed by atoms with Crippen LogP contribution in [0.3, 0.4) is 0 Å². The van der Waals surface area contributed by atoms with Crippen molar-refractivity contribution in [3.8, 4) is 0 Å². The topological polar surface area (TPSA) is 12.0 Å². The van der Waals surface area contributed by atoms with Crippen molar-refractivity contribution in [2.24, 2.45) is 5.92 Å². The van der Waals surface area contributed by atoms with Gasteiger partial charge in [-0.3, -0.25) is 0 Å². The molecule has 1 fully saturated rings. The molecule has 1 atom stereocenters. The van der Waals surface area contributed by atoms with E-state index in [4.69, 9.17) is 0 Å². The molecule has 1 N–H and O–H groups in total. The van der Waals surface area contributed by atoms with Crippen molar-refractivity contribution in [3.05, 3.63) is 34.3 Å². The SMILES string of the molecule is CNC(Cc1ccc(Br)cc1)CC1CCCCC1. The lowest BCUT2D eigenvalue weighted by Crippen LogP contribution is -2.30. The Labute approximate surface area is 119 Å². The Bertz CT molecular complexity index is 341. The minimum absolute atomic E-state index is 0.634. The fraction of sp³-hybridized carbons (Fsp3) is 0.625. The van der Waals surface area contributed by atoms with Gasteiger partial charge in [-0.05, 0) is 43.5 Å². The highest BCUT2D eigenvalue weighted by Gasteiger charge is 2.18. The van der Waals surface area contributed by atoms with Gasteiger partial charge in [0, 0.05) is 10.5 Å². The number of hydrogen-bond donors (Lipinski definition) is 1. The predicted octanol–water partition coefficient (Wildman–Crippen LogP) is 4.55. The molecule has 1 aromatic rings. The molecule has 2 rings (SSSR count). The van der Waals surface area contributed by atoms with Gasteiger partial charge in [0.25, 0.3) is 0 Å². The van der Waals surface area contributed by atoms with Gasteiger partial charge in [-0.2, -0.15) is 0 Å². The highest BCUT2D eigenvalue weighted by Crippen LogP contribution is 2.28. The van der Waals surface area contributed by atoms with Crippen LogP contribution in [0.15, 0.2) is 28.7 Å². The molecule has 2 heteroatoms. The molecule has 0 spiro atoms. The largest absolute Gasteiger partial charge is 0.317 e. The summed E-state index contributed by atoms with van der Waals surface area (Å²) >= 11 is 3.49. The Hall–Kier alpha value is -0.340. The van der Waals surface area contributed by atoms with Crippen molar-refractivity contribution in [1.29, 1.82) is 0 Å². The van der Waals surface area contributed by atoms with Gasteiger partial charge in [0.05, 0.1) is 0 Å². The van der Waals surface area contributed by atoms with Crippen LogP contribution in [0.5, 0.6) is 0 Å². The van der Waals surface area contributed by atoms with Gasteiger partial charge in [0.1, 0.15) is 0 Å². The first-order valence-corrected chi connectivity index (χ1v) is 7.99. The van der Waals surface area contributed by atoms with E-state index in [1.165, 1.54) is 48.6 Å². The average molecular weight is 310 g/mol. The molecular weight excluding hydrogens is 286 g/mol. The smallest absolute Gasteiger partial charge is 0.0175 e. The molecule has 0 heterocycles. The van der Waals surface area contributed by atoms with E-state index in [1.807, 2.05) is 0 Å². The normalized spacial score (nSPS) is 18.8. The quantitative estimate of drug-likeness (QED) is 0.841. The maximum absolute atomic E-state index is 3.50. The Morgan fingerprint density at radius 1 is 1.17 bits per heavy atom. The van der Waals surface area contributed by atoms with Gasteiger partial charge in [0.2, 0.25) is 0 Å². The van der Waals surface area contributed by atoms with Crippen molar-refractivity contribution in [2.45, 2.75) is 51.0 Å². The summed E-state index contributed by atoms with van der Waals surface area (Å²) in [7, 11) is 2.10. The molecule has 0 bridgehead atoms. The summed E-state index contributed by atoms with van der Waals surface area (Å²) in [4.78, 5) is 0. The van der Waals surface area contributed by atoms with Gasteiger partial charge in [-0.25, -0.2) is 0 Å². The first-order valence-electron chi connectivity index (χ1n) is 7.19. The summed E-state index contributed by atoms with van der Waals surface area (Å²) in [6.45, 7) is 0. The van der Waals surface area contributed by atoms with Crippen LogP contribution >= 0.6 is 15.9 Å². The minimum atomic E-state index is 0.634. The summed E-state index contributed by atoms with van der Waals surface area (Å²) < 4.78 is 1.17. The molecule has 0 aliphatic heterocycles. The van der Waals surface area contributed by atoms with Crippen molar-refractivity contribution in [3.63, 3.8) is 0 Å². The molecule has 1 aliphatic carbocycles. The van der Waals surface area contributed by atoms with Gasteiger partial charge in [-0.15, -0.1) is 0 Å². The number of hydrogen-bond acceptors (Lipinski definition) is 1. The molecular formula is C16H24BrN. The van der Waals surface area contributed by atoms with E-state index in [1.54, 1.807) is 0 Å². The second kappa shape index (κ2) is 7.30. The predicted molar refractivity (Wildman–Crippen MR) is 81.9 cm³/mol. The molecule has 1 saturated carbocycles. The van der Waals surface area contributed by atoms with Gasteiger partial charge < -0.3 is 5.32 Å². The van der Waals surface area contributed by atoms with Crippen LogP contribution in [0.2, 0.25) is 0 Å². The Morgan fingerprint density at radius 3 is 2.44 bits per heavy atom. The maximum Gasteiger partial charge on any atom is 0.0175 e. The molecule has 1 unspecified atom stereocenters. The number of nitrogens with one attached hydrogen (secondary N) is 1. The fourth-order valence-electron chi connectivity index (χ4n) is 3.03. The molecule has 18 heavy (non-hydrogen) atoms. The third-order valence-corrected chi connectivity index (χ3v) is 4.67. The molecule has 1 aliphatic rings. The maximum atomic E-state index is 3.50. The van der Waals surface area contributed by atoms with Crippen LogP contribution in [-0.4, -0.2) is 13.1 Å². The molecule has 0 amide bonds. The summed E-state index contributed by atoms with van der Waals surface area (Å²) in [5.74, 6) is 0.951. The molecule has 0 radical (unpaired) electrons. The summed E-state index contributed by atoms with van der Waals surface area (Å²) in [6.07, 6.45) is 9.72. The monoisotopic (exact) mass is 309 g/mol. The van der Waals surface area contributed by atoms with Gasteiger partial charge in [-0.1, -0.05) is 60.2 Å². The van der Waals surface area contributed by atoms with Crippen LogP contribution in [-0.2, 0) is 6.42 Å². The second-order valence-electron chi connectivity index (χ2n) is 5.56. The fourth-order valence-corrected chi connectivity index (χ4v) is 3.30. The van der Waals surface area contributed by atoms with Crippen molar-refractivity contribution in [2.75, 3.05) is 7.05 Å². The highest BCUT2D eigenvalue weighted by atomic mass is 79.9. The molecule has 0 aromatic heterocycles. The Kier molecular flexibility index (Phi) is 5.71. The van der Waals surface area contributed by atoms with E-state index >= 15 is 0 Å². The number of rotatable bonds is 5. The number of benzene rings is 1. The summed E-state index contributed by atoms with van der Waals surface area (Å²) in [6, 6.07) is 9.38. The van der Waals surface area contributed by atoms with Crippen LogP contribution < -0.4 is 5.32 Å². The van der Waals surface area contributed by atoms with Gasteiger partial charge in [0.15, 0.2) is 0 Å². The average Bonchev–Trinajstić information content (AvgIpc) is 2.41. The van der Waals surface area contributed by atoms with E-state index in [0.717, 1.165) is 12.3 Å². The first kappa shape index (κ1) is 14.1. The van der Waals surface area contributed by atoms with E-state index < -0.39 is 0 Å². The lowest BCUT2D eigenvalue weighted by Gasteiger charge is -2.26. The lowest BCUT2D eigenvalue weighted by atomic mass is 9.83. The second-order valence-corrected chi connectivity index (χ2v) is 6.47. The standard InChI is InChI=1S/C16H24BrN/c1-18-16(11-13-5-3-2-4-6-13)12-14-7-9-15(17)10-8-14/h7-10,13,16,18H,2-6,11-12H2,1H3. The Balaban J connectivity index is 1.86. The number of likely N-dealkylation sites (N-methyl/N-ethyl adjacent to an activating group) is 1. The van der Waals surface area contributed by atoms with Crippen molar-refractivity contribution in [1.82, 2.24) is 5.32 Å². The zero-order valence-corrected chi connectivity index (χ0v) is 12.9. The van der Waals surface area contributed by atoms with E-state index in [9.17, 15) is 0 Å². The lowest BCUT2D eigenvalue weighted by molar-refractivity contribution is 0.302. The van der Waals surface area contributed by atoms with Crippen molar-refractivity contribution < 1.29 is 0 Å². The van der Waals surface area contributed by atoms with Crippen LogP contribution in [0.4, 0.5) is 0 Å². The third kappa shape index (κ3) is 4.40. The highest BCUT2D eigenvalue weighted by molar-refractivity contribution is 9.10. The van der Waals surface area contributed by atoms with Crippen LogP contribution in [0, 0.1) is 5.92 Å². The summed E-state index contributed by atoms with van der Waals surface area (Å²) in [5.41, 5.74) is 1.44. The van der Waals surface area contributed by atoms with Crippen LogP contribution in [0.25, 0.3) is 0 Å². The number of halogens is 1. The Morgan fingerprint density at radius 2 is 1.83 bits per heavy atom. The summed E-state index contributed by atoms with van der Waals surface area (Å²) in [5, 5.41) is 3.50. The molecule has 100 valence electrons. The van der Waals surface area contributed by atoms with E-state index in [-0.39, 0.29) is 0 Å². The van der Waals surface area contributed by atoms with E-state index in [0.29, 0.717) is 6.04 Å². The zero-order chi connectivity index (χ0) is 12.8. The molecule has 1 aromatic carbocycles.